The van der Waals surface area contributed by atoms with Crippen molar-refractivity contribution in [2.45, 2.75) is 31.6 Å². The predicted octanol–water partition coefficient (Wildman–Crippen LogP) is 1.55. The van der Waals surface area contributed by atoms with Crippen LogP contribution in [0.25, 0.3) is 11.0 Å². The second-order valence-corrected chi connectivity index (χ2v) is 7.75. The summed E-state index contributed by atoms with van der Waals surface area (Å²) in [5, 5.41) is 0. The van der Waals surface area contributed by atoms with Crippen molar-refractivity contribution in [1.29, 1.82) is 0 Å². The summed E-state index contributed by atoms with van der Waals surface area (Å²) in [6, 6.07) is 1.90. The number of pyridine rings is 1. The van der Waals surface area contributed by atoms with Crippen molar-refractivity contribution in [3.05, 3.63) is 24.3 Å². The van der Waals surface area contributed by atoms with E-state index < -0.39 is 0 Å². The molecule has 4 heterocycles. The van der Waals surface area contributed by atoms with Crippen molar-refractivity contribution in [2.24, 2.45) is 5.92 Å². The maximum absolute atomic E-state index is 13.1. The first kappa shape index (κ1) is 18.9. The quantitative estimate of drug-likeness (QED) is 0.862. The van der Waals surface area contributed by atoms with Gasteiger partial charge in [-0.3, -0.25) is 14.6 Å². The van der Waals surface area contributed by atoms with E-state index in [-0.39, 0.29) is 30.3 Å². The molecule has 2 unspecified atom stereocenters. The van der Waals surface area contributed by atoms with Gasteiger partial charge in [0.05, 0.1) is 23.1 Å². The van der Waals surface area contributed by atoms with Crippen molar-refractivity contribution >= 4 is 22.8 Å². The van der Waals surface area contributed by atoms with Gasteiger partial charge < -0.3 is 19.5 Å². The van der Waals surface area contributed by atoms with Gasteiger partial charge in [0.1, 0.15) is 12.4 Å². The Morgan fingerprint density at radius 1 is 1.21 bits per heavy atom. The number of piperidine rings is 2. The van der Waals surface area contributed by atoms with Crippen LogP contribution in [0.2, 0.25) is 0 Å². The number of ether oxygens (including phenoxy) is 1. The van der Waals surface area contributed by atoms with Crippen LogP contribution in [0.15, 0.2) is 18.5 Å². The molecular weight excluding hydrogens is 358 g/mol. The Morgan fingerprint density at radius 3 is 2.86 bits per heavy atom. The largest absolute Gasteiger partial charge is 0.375 e. The van der Waals surface area contributed by atoms with Crippen LogP contribution < -0.4 is 0 Å². The fraction of sp³-hybridized carbons (Fsp3) is 0.600. The summed E-state index contributed by atoms with van der Waals surface area (Å²) in [5.41, 5.74) is 1.84. The summed E-state index contributed by atoms with van der Waals surface area (Å²) < 4.78 is 4.96. The van der Waals surface area contributed by atoms with Crippen LogP contribution >= 0.6 is 0 Å². The van der Waals surface area contributed by atoms with Crippen LogP contribution in [0.5, 0.6) is 0 Å². The molecule has 2 aromatic rings. The highest BCUT2D eigenvalue weighted by Gasteiger charge is 2.34. The zero-order chi connectivity index (χ0) is 19.5. The molecule has 2 saturated heterocycles. The van der Waals surface area contributed by atoms with E-state index in [2.05, 4.69) is 9.97 Å². The molecule has 4 rings (SSSR count). The third kappa shape index (κ3) is 3.87. The molecule has 150 valence electrons. The molecule has 1 N–H and O–H groups in total. The van der Waals surface area contributed by atoms with Gasteiger partial charge >= 0.3 is 0 Å². The summed E-state index contributed by atoms with van der Waals surface area (Å²) in [4.78, 5) is 41.2. The van der Waals surface area contributed by atoms with Crippen molar-refractivity contribution in [2.75, 3.05) is 39.9 Å². The van der Waals surface area contributed by atoms with E-state index in [4.69, 9.17) is 9.72 Å². The number of aromatic amines is 1. The van der Waals surface area contributed by atoms with E-state index in [0.29, 0.717) is 19.6 Å². The number of carbonyl (C=O) groups excluding carboxylic acids is 2. The molecule has 8 nitrogen and oxygen atoms in total. The average molecular weight is 385 g/mol. The summed E-state index contributed by atoms with van der Waals surface area (Å²) in [6.45, 7) is 2.74. The fourth-order valence-corrected chi connectivity index (χ4v) is 4.35. The van der Waals surface area contributed by atoms with Gasteiger partial charge in [-0.1, -0.05) is 0 Å². The van der Waals surface area contributed by atoms with E-state index in [9.17, 15) is 9.59 Å². The van der Waals surface area contributed by atoms with Gasteiger partial charge in [-0.15, -0.1) is 0 Å². The molecular formula is C20H27N5O3. The first-order chi connectivity index (χ1) is 13.7. The number of amides is 2. The minimum Gasteiger partial charge on any atom is -0.375 e. The van der Waals surface area contributed by atoms with E-state index in [1.165, 1.54) is 7.11 Å². The van der Waals surface area contributed by atoms with E-state index in [1.54, 1.807) is 17.3 Å². The van der Waals surface area contributed by atoms with Gasteiger partial charge in [-0.2, -0.15) is 0 Å². The number of H-pyrrole nitrogens is 1. The topological polar surface area (TPSA) is 91.4 Å². The normalized spacial score (nSPS) is 23.2. The zero-order valence-electron chi connectivity index (χ0n) is 16.3. The number of carbonyl (C=O) groups is 2. The lowest BCUT2D eigenvalue weighted by Crippen LogP contribution is -2.49. The number of methoxy groups -OCH3 is 1. The molecule has 0 radical (unpaired) electrons. The monoisotopic (exact) mass is 385 g/mol. The van der Waals surface area contributed by atoms with Crippen LogP contribution in [-0.4, -0.2) is 76.5 Å². The number of nitrogens with one attached hydrogen (secondary N) is 1. The third-order valence-corrected chi connectivity index (χ3v) is 5.81. The lowest BCUT2D eigenvalue weighted by Gasteiger charge is -2.38. The number of hydrogen-bond donors (Lipinski definition) is 1. The van der Waals surface area contributed by atoms with Gasteiger partial charge in [0.2, 0.25) is 11.8 Å². The Labute approximate surface area is 164 Å². The highest BCUT2D eigenvalue weighted by Crippen LogP contribution is 2.28. The fourth-order valence-electron chi connectivity index (χ4n) is 4.35. The third-order valence-electron chi connectivity index (χ3n) is 5.81. The minimum absolute atomic E-state index is 0.0348. The maximum atomic E-state index is 13.1. The Hall–Kier alpha value is -2.48. The number of aromatic nitrogens is 3. The van der Waals surface area contributed by atoms with Crippen molar-refractivity contribution < 1.29 is 14.3 Å². The van der Waals surface area contributed by atoms with Crippen molar-refractivity contribution in [3.8, 4) is 0 Å². The molecule has 8 heteroatoms. The summed E-state index contributed by atoms with van der Waals surface area (Å²) in [5.74, 6) is 1.15. The SMILES string of the molecule is COCC(=O)N1CCCC(C(=O)N2CCCC(c3nc4ccncc4[nH]3)C2)C1. The molecule has 2 aromatic heterocycles. The molecule has 2 amide bonds. The van der Waals surface area contributed by atoms with Gasteiger partial charge in [0.25, 0.3) is 0 Å². The molecule has 0 spiro atoms. The number of fused-ring (bicyclic) bond motifs is 1. The molecule has 2 atom stereocenters. The maximum Gasteiger partial charge on any atom is 0.248 e. The Balaban J connectivity index is 1.42. The molecule has 0 saturated carbocycles. The molecule has 2 aliphatic rings. The van der Waals surface area contributed by atoms with Gasteiger partial charge in [0, 0.05) is 45.4 Å². The summed E-state index contributed by atoms with van der Waals surface area (Å²) >= 11 is 0. The van der Waals surface area contributed by atoms with E-state index >= 15 is 0 Å². The van der Waals surface area contributed by atoms with Gasteiger partial charge in [-0.25, -0.2) is 4.98 Å². The summed E-state index contributed by atoms with van der Waals surface area (Å²) in [7, 11) is 1.52. The predicted molar refractivity (Wildman–Crippen MR) is 104 cm³/mol. The smallest absolute Gasteiger partial charge is 0.248 e. The number of imidazole rings is 1. The van der Waals surface area contributed by atoms with Crippen LogP contribution in [0.3, 0.4) is 0 Å². The molecule has 0 bridgehead atoms. The molecule has 0 aliphatic carbocycles. The molecule has 2 aliphatic heterocycles. The van der Waals surface area contributed by atoms with Crippen LogP contribution in [0.4, 0.5) is 0 Å². The number of hydrogen-bond acceptors (Lipinski definition) is 5. The van der Waals surface area contributed by atoms with E-state index in [1.807, 2.05) is 11.0 Å². The second kappa shape index (κ2) is 8.26. The van der Waals surface area contributed by atoms with E-state index in [0.717, 1.165) is 49.1 Å². The molecule has 28 heavy (non-hydrogen) atoms. The summed E-state index contributed by atoms with van der Waals surface area (Å²) in [6.07, 6.45) is 7.20. The minimum atomic E-state index is -0.117. The van der Waals surface area contributed by atoms with Crippen LogP contribution in [-0.2, 0) is 14.3 Å². The standard InChI is InChI=1S/C20H27N5O3/c1-28-13-18(26)24-8-3-5-15(12-24)20(27)25-9-2-4-14(11-25)19-22-16-6-7-21-10-17(16)23-19/h6-7,10,14-15H,2-5,8-9,11-13H2,1H3,(H,22,23). The van der Waals surface area contributed by atoms with Crippen molar-refractivity contribution in [1.82, 2.24) is 24.8 Å². The number of likely N-dealkylation sites (tertiary alicyclic amines) is 2. The first-order valence-corrected chi connectivity index (χ1v) is 10.0. The van der Waals surface area contributed by atoms with Crippen molar-refractivity contribution in [3.63, 3.8) is 0 Å². The lowest BCUT2D eigenvalue weighted by atomic mass is 9.92. The molecule has 0 aromatic carbocycles. The molecule has 2 fully saturated rings. The Morgan fingerprint density at radius 2 is 2.04 bits per heavy atom. The Bertz CT molecular complexity index is 818. The zero-order valence-corrected chi connectivity index (χ0v) is 16.3. The first-order valence-electron chi connectivity index (χ1n) is 10.0. The number of rotatable bonds is 4. The average Bonchev–Trinajstić information content (AvgIpc) is 3.18. The number of nitrogens with zero attached hydrogens (tertiary/aromatic N) is 4. The highest BCUT2D eigenvalue weighted by molar-refractivity contribution is 5.82. The Kier molecular flexibility index (Phi) is 5.57. The van der Waals surface area contributed by atoms with Crippen LogP contribution in [0.1, 0.15) is 37.4 Å². The van der Waals surface area contributed by atoms with Gasteiger partial charge in [-0.05, 0) is 31.7 Å². The second-order valence-electron chi connectivity index (χ2n) is 7.75. The highest BCUT2D eigenvalue weighted by atomic mass is 16.5. The van der Waals surface area contributed by atoms with Crippen LogP contribution in [0, 0.1) is 5.92 Å². The lowest BCUT2D eigenvalue weighted by molar-refractivity contribution is -0.143. The van der Waals surface area contributed by atoms with Gasteiger partial charge in [0.15, 0.2) is 0 Å².